The third-order valence-electron chi connectivity index (χ3n) is 1.08. The summed E-state index contributed by atoms with van der Waals surface area (Å²) in [5, 5.41) is 8.21. The van der Waals surface area contributed by atoms with Crippen molar-refractivity contribution >= 4 is 10.2 Å². The summed E-state index contributed by atoms with van der Waals surface area (Å²) in [4.78, 5) is 0. The zero-order chi connectivity index (χ0) is 10.3. The predicted octanol–water partition coefficient (Wildman–Crippen LogP) is -0.706. The SMILES string of the molecule is NCc1ccccc1.NS(N)(=O)=O. The van der Waals surface area contributed by atoms with Crippen molar-refractivity contribution in [3.05, 3.63) is 35.9 Å². The van der Waals surface area contributed by atoms with Crippen molar-refractivity contribution in [1.82, 2.24) is 0 Å². The Hall–Kier alpha value is -0.950. The summed E-state index contributed by atoms with van der Waals surface area (Å²) in [6.45, 7) is 0.640. The van der Waals surface area contributed by atoms with E-state index >= 15 is 0 Å². The van der Waals surface area contributed by atoms with Crippen molar-refractivity contribution in [1.29, 1.82) is 0 Å². The van der Waals surface area contributed by atoms with Crippen LogP contribution in [0, 0.1) is 0 Å². The predicted molar refractivity (Wildman–Crippen MR) is 51.6 cm³/mol. The van der Waals surface area contributed by atoms with E-state index in [1.165, 1.54) is 5.56 Å². The van der Waals surface area contributed by atoms with Gasteiger partial charge in [0.15, 0.2) is 0 Å². The number of nitrogens with two attached hydrogens (primary N) is 3. The molecule has 5 nitrogen and oxygen atoms in total. The molecule has 0 aliphatic rings. The summed E-state index contributed by atoms with van der Waals surface area (Å²) in [5.74, 6) is 0. The minimum Gasteiger partial charge on any atom is -0.326 e. The van der Waals surface area contributed by atoms with Crippen LogP contribution in [0.5, 0.6) is 0 Å². The molecule has 13 heavy (non-hydrogen) atoms. The molecule has 0 heterocycles. The first-order valence-electron chi connectivity index (χ1n) is 3.48. The maximum Gasteiger partial charge on any atom is 0.271 e. The van der Waals surface area contributed by atoms with E-state index in [0.29, 0.717) is 6.54 Å². The van der Waals surface area contributed by atoms with Crippen molar-refractivity contribution in [2.75, 3.05) is 0 Å². The Morgan fingerprint density at radius 3 is 1.69 bits per heavy atom. The fraction of sp³-hybridized carbons (Fsp3) is 0.143. The molecule has 0 aliphatic heterocycles. The molecule has 0 aliphatic carbocycles. The van der Waals surface area contributed by atoms with Gasteiger partial charge in [0.05, 0.1) is 0 Å². The molecule has 1 rings (SSSR count). The van der Waals surface area contributed by atoms with Crippen molar-refractivity contribution in [2.45, 2.75) is 6.54 Å². The fourth-order valence-corrected chi connectivity index (χ4v) is 0.614. The molecule has 0 unspecified atom stereocenters. The van der Waals surface area contributed by atoms with Gasteiger partial charge in [0.1, 0.15) is 0 Å². The lowest BCUT2D eigenvalue weighted by Crippen LogP contribution is -2.21. The summed E-state index contributed by atoms with van der Waals surface area (Å²) in [6.07, 6.45) is 0. The maximum absolute atomic E-state index is 9.19. The molecule has 0 spiro atoms. The first kappa shape index (κ1) is 12.0. The molecule has 0 bridgehead atoms. The van der Waals surface area contributed by atoms with Crippen molar-refractivity contribution in [2.24, 2.45) is 16.0 Å². The van der Waals surface area contributed by atoms with Crippen LogP contribution in [0.15, 0.2) is 30.3 Å². The van der Waals surface area contributed by atoms with Crippen LogP contribution in [0.3, 0.4) is 0 Å². The average Bonchev–Trinajstić information content (AvgIpc) is 2.03. The molecule has 6 N–H and O–H groups in total. The van der Waals surface area contributed by atoms with Gasteiger partial charge in [-0.3, -0.25) is 0 Å². The molecular formula is C7H13N3O2S. The number of hydrogen-bond donors (Lipinski definition) is 3. The molecular weight excluding hydrogens is 190 g/mol. The van der Waals surface area contributed by atoms with Gasteiger partial charge in [0.2, 0.25) is 0 Å². The van der Waals surface area contributed by atoms with E-state index in [4.69, 9.17) is 5.73 Å². The molecule has 0 radical (unpaired) electrons. The van der Waals surface area contributed by atoms with Gasteiger partial charge in [-0.1, -0.05) is 30.3 Å². The average molecular weight is 203 g/mol. The Morgan fingerprint density at radius 1 is 1.08 bits per heavy atom. The highest BCUT2D eigenvalue weighted by molar-refractivity contribution is 7.86. The highest BCUT2D eigenvalue weighted by atomic mass is 32.2. The van der Waals surface area contributed by atoms with Crippen LogP contribution in [-0.4, -0.2) is 8.42 Å². The normalized spacial score (nSPS) is 10.1. The van der Waals surface area contributed by atoms with Gasteiger partial charge in [0, 0.05) is 6.54 Å². The topological polar surface area (TPSA) is 112 Å². The molecule has 0 amide bonds. The van der Waals surface area contributed by atoms with Gasteiger partial charge in [-0.2, -0.15) is 8.42 Å². The molecule has 74 valence electrons. The van der Waals surface area contributed by atoms with E-state index < -0.39 is 10.2 Å². The van der Waals surface area contributed by atoms with Gasteiger partial charge >= 0.3 is 0 Å². The van der Waals surface area contributed by atoms with Crippen molar-refractivity contribution in [3.8, 4) is 0 Å². The van der Waals surface area contributed by atoms with Gasteiger partial charge in [0.25, 0.3) is 10.2 Å². The molecule has 6 heteroatoms. The Bertz CT molecular complexity index is 315. The third kappa shape index (κ3) is 11.0. The lowest BCUT2D eigenvalue weighted by Gasteiger charge is -1.90. The second kappa shape index (κ2) is 5.65. The van der Waals surface area contributed by atoms with Crippen LogP contribution in [-0.2, 0) is 16.8 Å². The van der Waals surface area contributed by atoms with Crippen LogP contribution in [0.2, 0.25) is 0 Å². The summed E-state index contributed by atoms with van der Waals surface area (Å²) >= 11 is 0. The molecule has 1 aromatic carbocycles. The first-order chi connectivity index (χ1) is 5.93. The van der Waals surface area contributed by atoms with Crippen molar-refractivity contribution in [3.63, 3.8) is 0 Å². The quantitative estimate of drug-likeness (QED) is 0.560. The molecule has 1 aromatic rings. The summed E-state index contributed by atoms with van der Waals surface area (Å²) in [6, 6.07) is 9.99. The highest BCUT2D eigenvalue weighted by Gasteiger charge is 1.80. The number of hydrogen-bond acceptors (Lipinski definition) is 3. The number of rotatable bonds is 1. The van der Waals surface area contributed by atoms with E-state index in [1.807, 2.05) is 30.3 Å². The molecule has 0 saturated carbocycles. The fourth-order valence-electron chi connectivity index (χ4n) is 0.614. The largest absolute Gasteiger partial charge is 0.326 e. The second-order valence-electron chi connectivity index (χ2n) is 2.28. The third-order valence-corrected chi connectivity index (χ3v) is 1.08. The minimum atomic E-state index is -3.67. The Morgan fingerprint density at radius 2 is 1.46 bits per heavy atom. The Balaban J connectivity index is 0.000000252. The van der Waals surface area contributed by atoms with E-state index in [1.54, 1.807) is 0 Å². The van der Waals surface area contributed by atoms with Crippen LogP contribution in [0.1, 0.15) is 5.56 Å². The van der Waals surface area contributed by atoms with Gasteiger partial charge in [-0.05, 0) is 5.56 Å². The summed E-state index contributed by atoms with van der Waals surface area (Å²) < 4.78 is 18.4. The van der Waals surface area contributed by atoms with E-state index in [2.05, 4.69) is 10.3 Å². The molecule has 0 saturated heterocycles. The smallest absolute Gasteiger partial charge is 0.271 e. The Kier molecular flexibility index (Phi) is 5.24. The molecule has 0 atom stereocenters. The van der Waals surface area contributed by atoms with Crippen LogP contribution in [0.25, 0.3) is 0 Å². The Labute approximate surface area is 77.7 Å². The number of benzene rings is 1. The van der Waals surface area contributed by atoms with E-state index in [9.17, 15) is 8.42 Å². The monoisotopic (exact) mass is 203 g/mol. The zero-order valence-corrected chi connectivity index (χ0v) is 7.87. The van der Waals surface area contributed by atoms with E-state index in [-0.39, 0.29) is 0 Å². The van der Waals surface area contributed by atoms with Crippen LogP contribution in [0.4, 0.5) is 0 Å². The summed E-state index contributed by atoms with van der Waals surface area (Å²) in [5.41, 5.74) is 6.54. The first-order valence-corrected chi connectivity index (χ1v) is 5.09. The second-order valence-corrected chi connectivity index (χ2v) is 3.46. The maximum atomic E-state index is 9.19. The van der Waals surface area contributed by atoms with Crippen molar-refractivity contribution < 1.29 is 8.42 Å². The van der Waals surface area contributed by atoms with Gasteiger partial charge in [-0.25, -0.2) is 10.3 Å². The molecule has 0 aromatic heterocycles. The molecule has 0 fully saturated rings. The lowest BCUT2D eigenvalue weighted by molar-refractivity contribution is 0.599. The highest BCUT2D eigenvalue weighted by Crippen LogP contribution is 1.94. The van der Waals surface area contributed by atoms with Gasteiger partial charge in [-0.15, -0.1) is 0 Å². The standard InChI is InChI=1S/C7H9N.H4N2O2S/c8-6-7-4-2-1-3-5-7;1-5(2,3)4/h1-5H,6,8H2;(H4,1,2,3,4). The lowest BCUT2D eigenvalue weighted by atomic mass is 10.2. The van der Waals surface area contributed by atoms with E-state index in [0.717, 1.165) is 0 Å². The summed E-state index contributed by atoms with van der Waals surface area (Å²) in [7, 11) is -3.67. The van der Waals surface area contributed by atoms with Crippen LogP contribution >= 0.6 is 0 Å². The van der Waals surface area contributed by atoms with Gasteiger partial charge < -0.3 is 5.73 Å². The van der Waals surface area contributed by atoms with Crippen LogP contribution < -0.4 is 16.0 Å². The zero-order valence-electron chi connectivity index (χ0n) is 7.05. The minimum absolute atomic E-state index is 0.640.